The van der Waals surface area contributed by atoms with E-state index in [1.165, 1.54) is 18.5 Å². The normalized spacial score (nSPS) is 14.9. The van der Waals surface area contributed by atoms with Gasteiger partial charge in [0.25, 0.3) is 0 Å². The average Bonchev–Trinajstić information content (AvgIpc) is 3.09. The van der Waals surface area contributed by atoms with Gasteiger partial charge < -0.3 is 10.6 Å². The summed E-state index contributed by atoms with van der Waals surface area (Å²) in [5.74, 6) is 0.870. The van der Waals surface area contributed by atoms with Crippen LogP contribution >= 0.6 is 28.1 Å². The second kappa shape index (κ2) is 5.57. The summed E-state index contributed by atoms with van der Waals surface area (Å²) in [5, 5.41) is 0. The van der Waals surface area contributed by atoms with Crippen LogP contribution in [-0.4, -0.2) is 17.6 Å². The fraction of sp³-hybridized carbons (Fsp3) is 0.500. The van der Waals surface area contributed by atoms with Crippen molar-refractivity contribution in [2.24, 2.45) is 11.7 Å². The minimum Gasteiger partial charge on any atom is -0.389 e. The van der Waals surface area contributed by atoms with Crippen LogP contribution in [0.25, 0.3) is 0 Å². The van der Waals surface area contributed by atoms with Crippen molar-refractivity contribution in [3.05, 3.63) is 28.2 Å². The van der Waals surface area contributed by atoms with Gasteiger partial charge in [0.15, 0.2) is 0 Å². The standard InChI is InChI=1S/C14H19BrN2S/c1-9(2)17(8-10-3-4-10)13-6-5-11(14(16)18)7-12(13)15/h5-7,9-10H,3-4,8H2,1-2H3,(H2,16,18). The summed E-state index contributed by atoms with van der Waals surface area (Å²) in [7, 11) is 0. The van der Waals surface area contributed by atoms with E-state index in [-0.39, 0.29) is 0 Å². The maximum absolute atomic E-state index is 5.66. The van der Waals surface area contributed by atoms with Crippen molar-refractivity contribution in [3.8, 4) is 0 Å². The van der Waals surface area contributed by atoms with Crippen LogP contribution in [0.4, 0.5) is 5.69 Å². The maximum atomic E-state index is 5.66. The Balaban J connectivity index is 2.26. The predicted molar refractivity (Wildman–Crippen MR) is 85.2 cm³/mol. The summed E-state index contributed by atoms with van der Waals surface area (Å²) in [6, 6.07) is 6.63. The van der Waals surface area contributed by atoms with Gasteiger partial charge in [0, 0.05) is 22.6 Å². The van der Waals surface area contributed by atoms with Gasteiger partial charge in [0.05, 0.1) is 5.69 Å². The molecule has 4 heteroatoms. The monoisotopic (exact) mass is 326 g/mol. The third-order valence-corrected chi connectivity index (χ3v) is 4.19. The third-order valence-electron chi connectivity index (χ3n) is 3.32. The first-order chi connectivity index (χ1) is 8.49. The van der Waals surface area contributed by atoms with Gasteiger partial charge in [-0.1, -0.05) is 12.2 Å². The number of benzene rings is 1. The zero-order valence-electron chi connectivity index (χ0n) is 10.8. The molecule has 0 aromatic heterocycles. The van der Waals surface area contributed by atoms with Crippen LogP contribution in [0.3, 0.4) is 0 Å². The molecular weight excluding hydrogens is 308 g/mol. The van der Waals surface area contributed by atoms with E-state index in [0.717, 1.165) is 22.5 Å². The number of nitrogens with two attached hydrogens (primary N) is 1. The molecule has 1 aliphatic rings. The lowest BCUT2D eigenvalue weighted by Crippen LogP contribution is -2.33. The smallest absolute Gasteiger partial charge is 0.104 e. The summed E-state index contributed by atoms with van der Waals surface area (Å²) in [5.41, 5.74) is 7.80. The summed E-state index contributed by atoms with van der Waals surface area (Å²) in [6.07, 6.45) is 2.73. The van der Waals surface area contributed by atoms with Gasteiger partial charge >= 0.3 is 0 Å². The van der Waals surface area contributed by atoms with E-state index >= 15 is 0 Å². The first-order valence-corrected chi connectivity index (χ1v) is 7.55. The van der Waals surface area contributed by atoms with Crippen molar-refractivity contribution in [1.82, 2.24) is 0 Å². The zero-order chi connectivity index (χ0) is 13.3. The number of hydrogen-bond acceptors (Lipinski definition) is 2. The Morgan fingerprint density at radius 2 is 2.17 bits per heavy atom. The molecular formula is C14H19BrN2S. The van der Waals surface area contributed by atoms with Gasteiger partial charge in [-0.25, -0.2) is 0 Å². The van der Waals surface area contributed by atoms with Gasteiger partial charge in [0.1, 0.15) is 4.99 Å². The molecule has 1 fully saturated rings. The number of rotatable bonds is 5. The highest BCUT2D eigenvalue weighted by molar-refractivity contribution is 9.10. The molecule has 98 valence electrons. The lowest BCUT2D eigenvalue weighted by atomic mass is 10.1. The van der Waals surface area contributed by atoms with Crippen molar-refractivity contribution >= 4 is 38.8 Å². The molecule has 1 aliphatic carbocycles. The highest BCUT2D eigenvalue weighted by atomic mass is 79.9. The molecule has 0 aliphatic heterocycles. The van der Waals surface area contributed by atoms with E-state index in [9.17, 15) is 0 Å². The van der Waals surface area contributed by atoms with Gasteiger partial charge in [-0.05, 0) is 66.7 Å². The third kappa shape index (κ3) is 3.23. The van der Waals surface area contributed by atoms with Crippen LogP contribution in [-0.2, 0) is 0 Å². The van der Waals surface area contributed by atoms with E-state index in [0.29, 0.717) is 11.0 Å². The predicted octanol–water partition coefficient (Wildman–Crippen LogP) is 3.71. The van der Waals surface area contributed by atoms with Gasteiger partial charge in [-0.3, -0.25) is 0 Å². The second-order valence-electron chi connectivity index (χ2n) is 5.22. The van der Waals surface area contributed by atoms with E-state index < -0.39 is 0 Å². The largest absolute Gasteiger partial charge is 0.389 e. The van der Waals surface area contributed by atoms with Crippen LogP contribution in [0.5, 0.6) is 0 Å². The SMILES string of the molecule is CC(C)N(CC1CC1)c1ccc(C(N)=S)cc1Br. The first-order valence-electron chi connectivity index (χ1n) is 6.35. The molecule has 0 saturated heterocycles. The number of nitrogens with zero attached hydrogens (tertiary/aromatic N) is 1. The van der Waals surface area contributed by atoms with Crippen molar-refractivity contribution in [3.63, 3.8) is 0 Å². The van der Waals surface area contributed by atoms with Crippen LogP contribution in [0.1, 0.15) is 32.3 Å². The Bertz CT molecular complexity index is 455. The molecule has 2 N–H and O–H groups in total. The Hall–Kier alpha value is -0.610. The molecule has 1 aromatic rings. The molecule has 2 rings (SSSR count). The van der Waals surface area contributed by atoms with Crippen molar-refractivity contribution in [2.75, 3.05) is 11.4 Å². The van der Waals surface area contributed by atoms with E-state index in [2.05, 4.69) is 40.7 Å². The van der Waals surface area contributed by atoms with Crippen LogP contribution < -0.4 is 10.6 Å². The maximum Gasteiger partial charge on any atom is 0.104 e. The second-order valence-corrected chi connectivity index (χ2v) is 6.51. The minimum absolute atomic E-state index is 0.445. The van der Waals surface area contributed by atoms with Crippen molar-refractivity contribution in [1.29, 1.82) is 0 Å². The molecule has 0 heterocycles. The number of thiocarbonyl (C=S) groups is 1. The number of hydrogen-bond donors (Lipinski definition) is 1. The number of halogens is 1. The van der Waals surface area contributed by atoms with Crippen LogP contribution in [0.15, 0.2) is 22.7 Å². The molecule has 1 aromatic carbocycles. The topological polar surface area (TPSA) is 29.3 Å². The Kier molecular flexibility index (Phi) is 4.28. The van der Waals surface area contributed by atoms with Crippen molar-refractivity contribution in [2.45, 2.75) is 32.7 Å². The molecule has 0 spiro atoms. The Labute approximate surface area is 123 Å². The first kappa shape index (κ1) is 13.8. The van der Waals surface area contributed by atoms with Crippen LogP contribution in [0, 0.1) is 5.92 Å². The van der Waals surface area contributed by atoms with E-state index in [4.69, 9.17) is 18.0 Å². The highest BCUT2D eigenvalue weighted by Gasteiger charge is 2.26. The lowest BCUT2D eigenvalue weighted by Gasteiger charge is -2.30. The molecule has 0 bridgehead atoms. The number of anilines is 1. The summed E-state index contributed by atoms with van der Waals surface area (Å²) < 4.78 is 1.07. The molecule has 0 unspecified atom stereocenters. The average molecular weight is 327 g/mol. The summed E-state index contributed by atoms with van der Waals surface area (Å²) in [6.45, 7) is 5.61. The quantitative estimate of drug-likeness (QED) is 0.836. The fourth-order valence-corrected chi connectivity index (χ4v) is 2.79. The highest BCUT2D eigenvalue weighted by Crippen LogP contribution is 2.35. The van der Waals surface area contributed by atoms with Crippen LogP contribution in [0.2, 0.25) is 0 Å². The minimum atomic E-state index is 0.445. The van der Waals surface area contributed by atoms with Gasteiger partial charge in [0.2, 0.25) is 0 Å². The van der Waals surface area contributed by atoms with E-state index in [1.807, 2.05) is 12.1 Å². The fourth-order valence-electron chi connectivity index (χ4n) is 2.06. The molecule has 2 nitrogen and oxygen atoms in total. The molecule has 0 radical (unpaired) electrons. The zero-order valence-corrected chi connectivity index (χ0v) is 13.2. The molecule has 0 amide bonds. The Morgan fingerprint density at radius 1 is 1.50 bits per heavy atom. The Morgan fingerprint density at radius 3 is 2.61 bits per heavy atom. The summed E-state index contributed by atoms with van der Waals surface area (Å²) >= 11 is 8.64. The lowest BCUT2D eigenvalue weighted by molar-refractivity contribution is 0.643. The molecule has 18 heavy (non-hydrogen) atoms. The molecule has 1 saturated carbocycles. The van der Waals surface area contributed by atoms with Gasteiger partial charge in [-0.15, -0.1) is 0 Å². The van der Waals surface area contributed by atoms with Crippen molar-refractivity contribution < 1.29 is 0 Å². The molecule has 0 atom stereocenters. The summed E-state index contributed by atoms with van der Waals surface area (Å²) in [4.78, 5) is 2.89. The van der Waals surface area contributed by atoms with E-state index in [1.54, 1.807) is 0 Å². The van der Waals surface area contributed by atoms with Gasteiger partial charge in [-0.2, -0.15) is 0 Å².